The van der Waals surface area contributed by atoms with Gasteiger partial charge in [0.15, 0.2) is 0 Å². The molecule has 1 aliphatic carbocycles. The Morgan fingerprint density at radius 3 is 2.50 bits per heavy atom. The Hall–Kier alpha value is -4.31. The number of amides is 2. The number of carbonyl (C=O) groups is 2. The maximum Gasteiger partial charge on any atom is 0.326 e. The minimum atomic E-state index is -0.699. The van der Waals surface area contributed by atoms with Crippen LogP contribution in [0.15, 0.2) is 60.7 Å². The van der Waals surface area contributed by atoms with Crippen LogP contribution in [0.2, 0.25) is 0 Å². The van der Waals surface area contributed by atoms with Gasteiger partial charge >= 0.3 is 12.0 Å². The molecule has 0 unspecified atom stereocenters. The molecule has 2 N–H and O–H groups in total. The number of carboxylic acids is 1. The molecule has 2 amide bonds. The minimum absolute atomic E-state index is 0.276. The van der Waals surface area contributed by atoms with Crippen LogP contribution in [0.4, 0.5) is 16.2 Å². The van der Waals surface area contributed by atoms with Crippen LogP contribution in [0, 0.1) is 24.2 Å². The second-order valence-corrected chi connectivity index (χ2v) is 10.2. The number of carboxylic acid groups (broad SMARTS) is 1. The molecule has 194 valence electrons. The number of fused-ring (bicyclic) bond motifs is 1. The van der Waals surface area contributed by atoms with Gasteiger partial charge in [0.25, 0.3) is 0 Å². The van der Waals surface area contributed by atoms with Gasteiger partial charge in [-0.3, -0.25) is 9.69 Å². The van der Waals surface area contributed by atoms with Crippen molar-refractivity contribution in [3.05, 3.63) is 77.4 Å². The Balaban J connectivity index is 1.29. The van der Waals surface area contributed by atoms with Crippen LogP contribution in [-0.2, 0) is 4.79 Å². The van der Waals surface area contributed by atoms with Crippen LogP contribution in [0.1, 0.15) is 54.7 Å². The average Bonchev–Trinajstić information content (AvgIpc) is 2.93. The van der Waals surface area contributed by atoms with E-state index < -0.39 is 5.97 Å². The Labute approximate surface area is 222 Å². The lowest BCUT2D eigenvalue weighted by Gasteiger charge is -2.30. The topological polar surface area (TPSA) is 103 Å². The summed E-state index contributed by atoms with van der Waals surface area (Å²) in [6, 6.07) is 21.7. The van der Waals surface area contributed by atoms with Gasteiger partial charge in [0.2, 0.25) is 0 Å². The van der Waals surface area contributed by atoms with E-state index in [1.165, 1.54) is 5.56 Å². The molecule has 0 radical (unpaired) electrons. The van der Waals surface area contributed by atoms with Gasteiger partial charge in [0.05, 0.1) is 23.5 Å². The third kappa shape index (κ3) is 5.35. The van der Waals surface area contributed by atoms with E-state index >= 15 is 0 Å². The number of rotatable bonds is 5. The van der Waals surface area contributed by atoms with Gasteiger partial charge in [0, 0.05) is 6.42 Å². The quantitative estimate of drug-likeness (QED) is 0.398. The first-order chi connectivity index (χ1) is 18.4. The number of nitrogens with zero attached hydrogens (tertiary/aromatic N) is 2. The second kappa shape index (κ2) is 11.0. The molecule has 0 atom stereocenters. The molecule has 0 saturated heterocycles. The van der Waals surface area contributed by atoms with Crippen molar-refractivity contribution in [3.63, 3.8) is 0 Å². The Bertz CT molecular complexity index is 1390. The fourth-order valence-corrected chi connectivity index (χ4v) is 5.61. The van der Waals surface area contributed by atoms with Crippen molar-refractivity contribution in [1.29, 1.82) is 5.26 Å². The maximum absolute atomic E-state index is 13.2. The van der Waals surface area contributed by atoms with Crippen LogP contribution in [0.3, 0.4) is 0 Å². The second-order valence-electron chi connectivity index (χ2n) is 10.2. The molecule has 1 aliphatic heterocycles. The van der Waals surface area contributed by atoms with Crippen LogP contribution >= 0.6 is 0 Å². The third-order valence-electron chi connectivity index (χ3n) is 7.72. The van der Waals surface area contributed by atoms with Gasteiger partial charge in [-0.1, -0.05) is 42.5 Å². The highest BCUT2D eigenvalue weighted by Crippen LogP contribution is 2.39. The molecule has 38 heavy (non-hydrogen) atoms. The molecule has 7 nitrogen and oxygen atoms in total. The number of nitrogens with one attached hydrogen (secondary N) is 1. The zero-order chi connectivity index (χ0) is 26.6. The van der Waals surface area contributed by atoms with E-state index in [0.29, 0.717) is 47.7 Å². The Kier molecular flexibility index (Phi) is 7.32. The summed E-state index contributed by atoms with van der Waals surface area (Å²) in [5.41, 5.74) is 5.86. The van der Waals surface area contributed by atoms with E-state index in [4.69, 9.17) is 9.84 Å². The van der Waals surface area contributed by atoms with Crippen molar-refractivity contribution >= 4 is 23.4 Å². The first-order valence-electron chi connectivity index (χ1n) is 13.1. The summed E-state index contributed by atoms with van der Waals surface area (Å²) in [6.07, 6.45) is 4.26. The number of ether oxygens (including phenoxy) is 1. The van der Waals surface area contributed by atoms with Crippen molar-refractivity contribution in [2.45, 2.75) is 44.9 Å². The molecule has 0 spiro atoms. The summed E-state index contributed by atoms with van der Waals surface area (Å²) in [6.45, 7) is 2.66. The molecule has 1 heterocycles. The highest BCUT2D eigenvalue weighted by atomic mass is 16.5. The van der Waals surface area contributed by atoms with E-state index in [0.717, 1.165) is 42.4 Å². The fourth-order valence-electron chi connectivity index (χ4n) is 5.61. The molecule has 1 saturated carbocycles. The van der Waals surface area contributed by atoms with Crippen molar-refractivity contribution < 1.29 is 19.4 Å². The number of para-hydroxylation sites is 1. The van der Waals surface area contributed by atoms with Gasteiger partial charge < -0.3 is 15.2 Å². The van der Waals surface area contributed by atoms with Gasteiger partial charge in [-0.25, -0.2) is 4.79 Å². The lowest BCUT2D eigenvalue weighted by Crippen LogP contribution is -2.41. The zero-order valence-corrected chi connectivity index (χ0v) is 21.4. The third-order valence-corrected chi connectivity index (χ3v) is 7.72. The molecule has 1 fully saturated rings. The number of benzene rings is 3. The standard InChI is InChI=1S/C31H31N3O4/c1-20-3-2-4-26(19-32)30(20)33-31(37)34-15-16-38-28-18-25(13-14-27(28)34)24-11-9-23(10-12-24)22-7-5-21(6-8-22)17-29(35)36/h2-4,9-14,18,21-22H,5-8,15-17H2,1H3,(H,33,37)(H,35,36). The molecular formula is C31H31N3O4. The van der Waals surface area contributed by atoms with Crippen LogP contribution in [0.5, 0.6) is 5.75 Å². The van der Waals surface area contributed by atoms with Gasteiger partial charge in [-0.15, -0.1) is 0 Å². The largest absolute Gasteiger partial charge is 0.490 e. The monoisotopic (exact) mass is 509 g/mol. The molecule has 0 aromatic heterocycles. The van der Waals surface area contributed by atoms with Crippen molar-refractivity contribution in [2.75, 3.05) is 23.4 Å². The highest BCUT2D eigenvalue weighted by Gasteiger charge is 2.26. The minimum Gasteiger partial charge on any atom is -0.490 e. The summed E-state index contributed by atoms with van der Waals surface area (Å²) < 4.78 is 5.93. The number of carbonyl (C=O) groups excluding carboxylic acids is 1. The van der Waals surface area contributed by atoms with E-state index in [1.54, 1.807) is 17.0 Å². The predicted molar refractivity (Wildman–Crippen MR) is 147 cm³/mol. The number of aliphatic carboxylic acids is 1. The van der Waals surface area contributed by atoms with Crippen LogP contribution < -0.4 is 15.0 Å². The lowest BCUT2D eigenvalue weighted by atomic mass is 9.77. The Morgan fingerprint density at radius 2 is 1.79 bits per heavy atom. The van der Waals surface area contributed by atoms with Crippen LogP contribution in [-0.4, -0.2) is 30.3 Å². The summed E-state index contributed by atoms with van der Waals surface area (Å²) in [5, 5.41) is 21.4. The molecule has 0 bridgehead atoms. The van der Waals surface area contributed by atoms with E-state index in [1.807, 2.05) is 31.2 Å². The lowest BCUT2D eigenvalue weighted by molar-refractivity contribution is -0.138. The molecule has 3 aromatic carbocycles. The number of nitriles is 1. The van der Waals surface area contributed by atoms with Gasteiger partial charge in [-0.05, 0) is 84.9 Å². The maximum atomic E-state index is 13.2. The number of hydrogen-bond donors (Lipinski definition) is 2. The molecule has 2 aliphatic rings. The smallest absolute Gasteiger partial charge is 0.326 e. The number of urea groups is 1. The summed E-state index contributed by atoms with van der Waals surface area (Å²) in [4.78, 5) is 25.8. The molecule has 3 aromatic rings. The first-order valence-corrected chi connectivity index (χ1v) is 13.1. The molecule has 7 heteroatoms. The van der Waals surface area contributed by atoms with Crippen molar-refractivity contribution in [2.24, 2.45) is 5.92 Å². The zero-order valence-electron chi connectivity index (χ0n) is 21.4. The Morgan fingerprint density at radius 1 is 1.05 bits per heavy atom. The predicted octanol–water partition coefficient (Wildman–Crippen LogP) is 6.71. The van der Waals surface area contributed by atoms with Gasteiger partial charge in [-0.2, -0.15) is 5.26 Å². The van der Waals surface area contributed by atoms with E-state index in [2.05, 4.69) is 35.7 Å². The molecule has 5 rings (SSSR count). The molecular weight excluding hydrogens is 478 g/mol. The van der Waals surface area contributed by atoms with Crippen molar-refractivity contribution in [3.8, 4) is 22.9 Å². The number of aryl methyl sites for hydroxylation is 1. The summed E-state index contributed by atoms with van der Waals surface area (Å²) in [7, 11) is 0. The first kappa shape index (κ1) is 25.3. The van der Waals surface area contributed by atoms with Crippen LogP contribution in [0.25, 0.3) is 11.1 Å². The SMILES string of the molecule is Cc1cccc(C#N)c1NC(=O)N1CCOc2cc(-c3ccc(C4CCC(CC(=O)O)CC4)cc3)ccc21. The summed E-state index contributed by atoms with van der Waals surface area (Å²) in [5.74, 6) is 0.720. The fraction of sp³-hybridized carbons (Fsp3) is 0.323. The van der Waals surface area contributed by atoms with Gasteiger partial charge in [0.1, 0.15) is 18.4 Å². The average molecular weight is 510 g/mol. The normalized spacial score (nSPS) is 18.6. The van der Waals surface area contributed by atoms with E-state index in [9.17, 15) is 14.9 Å². The number of hydrogen-bond acceptors (Lipinski definition) is 4. The summed E-state index contributed by atoms with van der Waals surface area (Å²) >= 11 is 0. The van der Waals surface area contributed by atoms with E-state index in [-0.39, 0.29) is 12.5 Å². The van der Waals surface area contributed by atoms with Crippen molar-refractivity contribution in [1.82, 2.24) is 0 Å². The number of anilines is 2. The highest BCUT2D eigenvalue weighted by molar-refractivity contribution is 6.04.